The van der Waals surface area contributed by atoms with Gasteiger partial charge >= 0.3 is 0 Å². The smallest absolute Gasteiger partial charge is 0.137 e. The van der Waals surface area contributed by atoms with E-state index in [1.54, 1.807) is 0 Å². The normalized spacial score (nSPS) is 25.7. The zero-order valence-corrected chi connectivity index (χ0v) is 14.7. The van der Waals surface area contributed by atoms with Gasteiger partial charge in [0.1, 0.15) is 5.82 Å². The SMILES string of the molecule is CC(C)CNCC1(Cc2ccc(F)c(Br)c2)CCOC1C. The molecule has 0 radical (unpaired) electrons. The molecule has 0 saturated carbocycles. The summed E-state index contributed by atoms with van der Waals surface area (Å²) < 4.78 is 19.8. The highest BCUT2D eigenvalue weighted by Gasteiger charge is 2.41. The molecule has 1 aromatic carbocycles. The first kappa shape index (κ1) is 16.9. The standard InChI is InChI=1S/C17H25BrFNO/c1-12(2)10-20-11-17(6-7-21-13(17)3)9-14-4-5-16(19)15(18)8-14/h4-5,8,12-13,20H,6-7,9-11H2,1-3H3. The van der Waals surface area contributed by atoms with E-state index < -0.39 is 0 Å². The van der Waals surface area contributed by atoms with Crippen LogP contribution in [0.1, 0.15) is 32.8 Å². The van der Waals surface area contributed by atoms with Crippen molar-refractivity contribution in [3.8, 4) is 0 Å². The molecule has 2 unspecified atom stereocenters. The summed E-state index contributed by atoms with van der Waals surface area (Å²) in [6.07, 6.45) is 2.19. The van der Waals surface area contributed by atoms with E-state index in [0.29, 0.717) is 10.4 Å². The van der Waals surface area contributed by atoms with E-state index in [1.165, 1.54) is 6.07 Å². The molecule has 0 aliphatic carbocycles. The lowest BCUT2D eigenvalue weighted by molar-refractivity contribution is 0.0627. The van der Waals surface area contributed by atoms with E-state index in [0.717, 1.165) is 38.1 Å². The predicted octanol–water partition coefficient (Wildman–Crippen LogP) is 4.17. The molecular formula is C17H25BrFNO. The first-order valence-corrected chi connectivity index (χ1v) is 8.48. The van der Waals surface area contributed by atoms with Gasteiger partial charge in [-0.25, -0.2) is 4.39 Å². The van der Waals surface area contributed by atoms with Crippen LogP contribution >= 0.6 is 15.9 Å². The maximum absolute atomic E-state index is 13.4. The molecule has 1 N–H and O–H groups in total. The molecule has 0 spiro atoms. The second-order valence-electron chi connectivity index (χ2n) is 6.58. The van der Waals surface area contributed by atoms with Gasteiger partial charge in [-0.2, -0.15) is 0 Å². The Hall–Kier alpha value is -0.450. The molecule has 2 atom stereocenters. The van der Waals surface area contributed by atoms with Gasteiger partial charge in [-0.15, -0.1) is 0 Å². The second kappa shape index (κ2) is 7.21. The Labute approximate surface area is 135 Å². The lowest BCUT2D eigenvalue weighted by Crippen LogP contribution is -2.42. The molecule has 1 heterocycles. The molecule has 0 bridgehead atoms. The van der Waals surface area contributed by atoms with Crippen molar-refractivity contribution in [2.45, 2.75) is 39.7 Å². The number of nitrogens with one attached hydrogen (secondary N) is 1. The zero-order chi connectivity index (χ0) is 15.5. The number of hydrogen-bond donors (Lipinski definition) is 1. The summed E-state index contributed by atoms with van der Waals surface area (Å²) in [4.78, 5) is 0. The fraction of sp³-hybridized carbons (Fsp3) is 0.647. The summed E-state index contributed by atoms with van der Waals surface area (Å²) in [6.45, 7) is 9.36. The summed E-state index contributed by atoms with van der Waals surface area (Å²) in [5.41, 5.74) is 1.26. The highest BCUT2D eigenvalue weighted by molar-refractivity contribution is 9.10. The van der Waals surface area contributed by atoms with E-state index in [1.807, 2.05) is 12.1 Å². The first-order valence-electron chi connectivity index (χ1n) is 7.69. The molecule has 1 fully saturated rings. The van der Waals surface area contributed by atoms with Crippen molar-refractivity contribution in [1.29, 1.82) is 0 Å². The third-order valence-electron chi connectivity index (χ3n) is 4.40. The summed E-state index contributed by atoms with van der Waals surface area (Å²) in [7, 11) is 0. The zero-order valence-electron chi connectivity index (χ0n) is 13.1. The fourth-order valence-electron chi connectivity index (χ4n) is 3.01. The van der Waals surface area contributed by atoms with Gasteiger partial charge in [0.25, 0.3) is 0 Å². The third kappa shape index (κ3) is 4.27. The number of hydrogen-bond acceptors (Lipinski definition) is 2. The summed E-state index contributed by atoms with van der Waals surface area (Å²) >= 11 is 3.28. The highest BCUT2D eigenvalue weighted by Crippen LogP contribution is 2.38. The molecule has 2 nitrogen and oxygen atoms in total. The Morgan fingerprint density at radius 3 is 2.81 bits per heavy atom. The van der Waals surface area contributed by atoms with E-state index in [-0.39, 0.29) is 17.3 Å². The van der Waals surface area contributed by atoms with Crippen LogP contribution in [0.5, 0.6) is 0 Å². The highest BCUT2D eigenvalue weighted by atomic mass is 79.9. The molecule has 0 aromatic heterocycles. The summed E-state index contributed by atoms with van der Waals surface area (Å²) in [5.74, 6) is 0.432. The van der Waals surface area contributed by atoms with Crippen molar-refractivity contribution in [2.24, 2.45) is 11.3 Å². The van der Waals surface area contributed by atoms with E-state index in [4.69, 9.17) is 4.74 Å². The summed E-state index contributed by atoms with van der Waals surface area (Å²) in [5, 5.41) is 3.58. The maximum Gasteiger partial charge on any atom is 0.137 e. The lowest BCUT2D eigenvalue weighted by Gasteiger charge is -2.33. The van der Waals surface area contributed by atoms with Crippen LogP contribution < -0.4 is 5.32 Å². The minimum atomic E-state index is -0.207. The van der Waals surface area contributed by atoms with Gasteiger partial charge in [0.2, 0.25) is 0 Å². The van der Waals surface area contributed by atoms with Crippen LogP contribution in [0.3, 0.4) is 0 Å². The van der Waals surface area contributed by atoms with Gasteiger partial charge in [-0.3, -0.25) is 0 Å². The van der Waals surface area contributed by atoms with Crippen molar-refractivity contribution >= 4 is 15.9 Å². The minimum absolute atomic E-state index is 0.103. The Morgan fingerprint density at radius 1 is 1.48 bits per heavy atom. The Kier molecular flexibility index (Phi) is 5.81. The topological polar surface area (TPSA) is 21.3 Å². The van der Waals surface area contributed by atoms with Gasteiger partial charge in [-0.1, -0.05) is 19.9 Å². The molecule has 1 saturated heterocycles. The van der Waals surface area contributed by atoms with Crippen LogP contribution in [0.15, 0.2) is 22.7 Å². The predicted molar refractivity (Wildman–Crippen MR) is 88.0 cm³/mol. The number of ether oxygens (including phenoxy) is 1. The average Bonchev–Trinajstić information content (AvgIpc) is 2.75. The molecule has 0 amide bonds. The van der Waals surface area contributed by atoms with Crippen molar-refractivity contribution in [3.63, 3.8) is 0 Å². The molecule has 1 aliphatic rings. The van der Waals surface area contributed by atoms with Gasteiger partial charge in [0.05, 0.1) is 10.6 Å². The molecule has 2 rings (SSSR count). The van der Waals surface area contributed by atoms with E-state index >= 15 is 0 Å². The van der Waals surface area contributed by atoms with Gasteiger partial charge in [0, 0.05) is 18.6 Å². The first-order chi connectivity index (χ1) is 9.93. The molecular weight excluding hydrogens is 333 g/mol. The van der Waals surface area contributed by atoms with Crippen LogP contribution in [0.25, 0.3) is 0 Å². The van der Waals surface area contributed by atoms with Crippen LogP contribution in [-0.4, -0.2) is 25.8 Å². The van der Waals surface area contributed by atoms with Crippen LogP contribution in [-0.2, 0) is 11.2 Å². The number of benzene rings is 1. The Balaban J connectivity index is 2.10. The molecule has 1 aliphatic heterocycles. The van der Waals surface area contributed by atoms with E-state index in [9.17, 15) is 4.39 Å². The lowest BCUT2D eigenvalue weighted by atomic mass is 9.76. The minimum Gasteiger partial charge on any atom is -0.378 e. The average molecular weight is 358 g/mol. The second-order valence-corrected chi connectivity index (χ2v) is 7.43. The molecule has 21 heavy (non-hydrogen) atoms. The van der Waals surface area contributed by atoms with Gasteiger partial charge in [0.15, 0.2) is 0 Å². The van der Waals surface area contributed by atoms with Crippen molar-refractivity contribution in [1.82, 2.24) is 5.32 Å². The van der Waals surface area contributed by atoms with E-state index in [2.05, 4.69) is 42.0 Å². The maximum atomic E-state index is 13.4. The van der Waals surface area contributed by atoms with Gasteiger partial charge in [-0.05, 0) is 65.9 Å². The quantitative estimate of drug-likeness (QED) is 0.824. The number of halogens is 2. The van der Waals surface area contributed by atoms with Crippen LogP contribution in [0.4, 0.5) is 4.39 Å². The van der Waals surface area contributed by atoms with Crippen molar-refractivity contribution in [2.75, 3.05) is 19.7 Å². The van der Waals surface area contributed by atoms with Crippen molar-refractivity contribution in [3.05, 3.63) is 34.1 Å². The Bertz CT molecular complexity index is 480. The fourth-order valence-corrected chi connectivity index (χ4v) is 3.44. The molecule has 118 valence electrons. The van der Waals surface area contributed by atoms with Crippen LogP contribution in [0.2, 0.25) is 0 Å². The van der Waals surface area contributed by atoms with Crippen molar-refractivity contribution < 1.29 is 9.13 Å². The van der Waals surface area contributed by atoms with Crippen LogP contribution in [0, 0.1) is 17.2 Å². The third-order valence-corrected chi connectivity index (χ3v) is 5.01. The van der Waals surface area contributed by atoms with Gasteiger partial charge < -0.3 is 10.1 Å². The Morgan fingerprint density at radius 2 is 2.24 bits per heavy atom. The molecule has 4 heteroatoms. The summed E-state index contributed by atoms with van der Waals surface area (Å²) in [6, 6.07) is 5.31. The number of rotatable bonds is 6. The monoisotopic (exact) mass is 357 g/mol. The largest absolute Gasteiger partial charge is 0.378 e. The molecule has 1 aromatic rings.